The van der Waals surface area contributed by atoms with Gasteiger partial charge in [-0.3, -0.25) is 14.4 Å². The number of piperazine rings is 1. The Morgan fingerprint density at radius 3 is 2.21 bits per heavy atom. The first-order valence-corrected chi connectivity index (χ1v) is 14.6. The van der Waals surface area contributed by atoms with E-state index in [2.05, 4.69) is 24.8 Å². The molecular weight excluding hydrogens is 566 g/mol. The number of hydrogen-bond donors (Lipinski definition) is 1. The Balaban J connectivity index is 1.09. The zero-order chi connectivity index (χ0) is 29.1. The van der Waals surface area contributed by atoms with E-state index in [1.54, 1.807) is 35.2 Å². The highest BCUT2D eigenvalue weighted by Gasteiger charge is 2.39. The van der Waals surface area contributed by atoms with Crippen molar-refractivity contribution in [3.8, 4) is 0 Å². The van der Waals surface area contributed by atoms with Gasteiger partial charge >= 0.3 is 0 Å². The van der Waals surface area contributed by atoms with Crippen LogP contribution >= 0.6 is 11.6 Å². The van der Waals surface area contributed by atoms with Crippen LogP contribution in [0, 0.1) is 11.6 Å². The predicted octanol–water partition coefficient (Wildman–Crippen LogP) is 4.35. The summed E-state index contributed by atoms with van der Waals surface area (Å²) >= 11 is 6.21. The van der Waals surface area contributed by atoms with E-state index in [-0.39, 0.29) is 29.4 Å². The lowest BCUT2D eigenvalue weighted by atomic mass is 9.96. The van der Waals surface area contributed by atoms with Crippen LogP contribution in [0.3, 0.4) is 0 Å². The molecule has 2 aromatic heterocycles. The van der Waals surface area contributed by atoms with Crippen molar-refractivity contribution in [1.29, 1.82) is 0 Å². The number of fused-ring (bicyclic) bond motifs is 1. The molecule has 0 amide bonds. The van der Waals surface area contributed by atoms with E-state index in [9.17, 15) is 13.9 Å². The van der Waals surface area contributed by atoms with E-state index in [0.29, 0.717) is 30.7 Å². The lowest BCUT2D eigenvalue weighted by Crippen LogP contribution is -2.51. The van der Waals surface area contributed by atoms with Gasteiger partial charge in [-0.2, -0.15) is 0 Å². The molecule has 42 heavy (non-hydrogen) atoms. The van der Waals surface area contributed by atoms with Gasteiger partial charge in [-0.15, -0.1) is 0 Å². The van der Waals surface area contributed by atoms with E-state index >= 15 is 0 Å². The molecule has 6 rings (SSSR count). The van der Waals surface area contributed by atoms with Crippen molar-refractivity contribution in [2.24, 2.45) is 0 Å². The minimum absolute atomic E-state index is 0.0620. The SMILES string of the molecule is OC(COC1(n2cnc3c(Cl)ncnc32)CCCCO1)CN1CCN(C(c2ccc(F)cc2)c2ccc(F)cc2)CC1. The number of aliphatic hydroxyl groups is 1. The molecule has 4 heterocycles. The van der Waals surface area contributed by atoms with Crippen LogP contribution in [-0.4, -0.2) is 86.5 Å². The Bertz CT molecular complexity index is 1430. The molecule has 0 bridgehead atoms. The summed E-state index contributed by atoms with van der Waals surface area (Å²) in [5.41, 5.74) is 2.87. The summed E-state index contributed by atoms with van der Waals surface area (Å²) in [5, 5.41) is 11.3. The summed E-state index contributed by atoms with van der Waals surface area (Å²) in [6.45, 7) is 3.90. The quantitative estimate of drug-likeness (QED) is 0.285. The van der Waals surface area contributed by atoms with Crippen molar-refractivity contribution in [3.63, 3.8) is 0 Å². The third-order valence-corrected chi connectivity index (χ3v) is 8.26. The standard InChI is InChI=1S/C30H33ClF2N6O3/c31-28-26-29(35-19-34-28)39(20-36-26)30(11-1-2-16-41-30)42-18-25(40)17-37-12-14-38(15-13-37)27(21-3-7-23(32)8-4-21)22-5-9-24(33)10-6-22/h3-10,19-20,25,27,40H,1-2,11-18H2. The third-order valence-electron chi connectivity index (χ3n) is 7.98. The number of ether oxygens (including phenoxy) is 2. The molecule has 0 aliphatic carbocycles. The van der Waals surface area contributed by atoms with Crippen molar-refractivity contribution < 1.29 is 23.4 Å². The van der Waals surface area contributed by atoms with Crippen LogP contribution in [0.1, 0.15) is 36.4 Å². The fourth-order valence-corrected chi connectivity index (χ4v) is 6.05. The molecule has 2 aliphatic heterocycles. The van der Waals surface area contributed by atoms with Crippen molar-refractivity contribution >= 4 is 22.8 Å². The molecule has 2 saturated heterocycles. The lowest BCUT2D eigenvalue weighted by Gasteiger charge is -2.41. The van der Waals surface area contributed by atoms with Crippen molar-refractivity contribution in [1.82, 2.24) is 29.3 Å². The first-order chi connectivity index (χ1) is 20.4. The Labute approximate surface area is 247 Å². The predicted molar refractivity (Wildman–Crippen MR) is 153 cm³/mol. The maximum atomic E-state index is 13.7. The second-order valence-corrected chi connectivity index (χ2v) is 11.1. The second-order valence-electron chi connectivity index (χ2n) is 10.8. The Kier molecular flexibility index (Phi) is 8.75. The largest absolute Gasteiger partial charge is 0.389 e. The van der Waals surface area contributed by atoms with Crippen LogP contribution in [0.15, 0.2) is 61.2 Å². The minimum Gasteiger partial charge on any atom is -0.389 e. The Morgan fingerprint density at radius 1 is 0.929 bits per heavy atom. The topological polar surface area (TPSA) is 88.8 Å². The fraction of sp³-hybridized carbons (Fsp3) is 0.433. The van der Waals surface area contributed by atoms with Gasteiger partial charge in [-0.25, -0.2) is 23.7 Å². The minimum atomic E-state index is -1.14. The molecule has 1 N–H and O–H groups in total. The zero-order valence-corrected chi connectivity index (χ0v) is 23.8. The van der Waals surface area contributed by atoms with Gasteiger partial charge in [-0.1, -0.05) is 35.9 Å². The summed E-state index contributed by atoms with van der Waals surface area (Å²) < 4.78 is 41.5. The zero-order valence-electron chi connectivity index (χ0n) is 23.1. The fourth-order valence-electron chi connectivity index (χ4n) is 5.87. The van der Waals surface area contributed by atoms with E-state index in [1.165, 1.54) is 30.6 Å². The summed E-state index contributed by atoms with van der Waals surface area (Å²) in [6, 6.07) is 12.8. The van der Waals surface area contributed by atoms with Gasteiger partial charge in [0.2, 0.25) is 0 Å². The van der Waals surface area contributed by atoms with Crippen LogP contribution in [-0.2, 0) is 15.4 Å². The summed E-state index contributed by atoms with van der Waals surface area (Å²) in [4.78, 5) is 17.2. The molecule has 222 valence electrons. The molecule has 2 aromatic carbocycles. The number of hydrogen-bond acceptors (Lipinski definition) is 8. The highest BCUT2D eigenvalue weighted by molar-refractivity contribution is 6.33. The molecule has 9 nitrogen and oxygen atoms in total. The maximum absolute atomic E-state index is 13.7. The smallest absolute Gasteiger partial charge is 0.258 e. The number of halogens is 3. The number of aliphatic hydroxyl groups excluding tert-OH is 1. The van der Waals surface area contributed by atoms with Crippen LogP contribution in [0.4, 0.5) is 8.78 Å². The van der Waals surface area contributed by atoms with Gasteiger partial charge in [0.15, 0.2) is 10.8 Å². The van der Waals surface area contributed by atoms with Gasteiger partial charge in [0.1, 0.15) is 29.8 Å². The number of imidazole rings is 1. The highest BCUT2D eigenvalue weighted by atomic mass is 35.5. The first kappa shape index (κ1) is 29.0. The second kappa shape index (κ2) is 12.7. The molecule has 12 heteroatoms. The van der Waals surface area contributed by atoms with E-state index in [4.69, 9.17) is 21.1 Å². The lowest BCUT2D eigenvalue weighted by molar-refractivity contribution is -0.316. The average Bonchev–Trinajstić information content (AvgIpc) is 3.46. The van der Waals surface area contributed by atoms with Crippen molar-refractivity contribution in [3.05, 3.63) is 89.1 Å². The normalized spacial score (nSPS) is 21.3. The summed E-state index contributed by atoms with van der Waals surface area (Å²) in [7, 11) is 0. The number of rotatable bonds is 9. The highest BCUT2D eigenvalue weighted by Crippen LogP contribution is 2.35. The van der Waals surface area contributed by atoms with Crippen LogP contribution in [0.2, 0.25) is 5.15 Å². The number of nitrogens with zero attached hydrogens (tertiary/aromatic N) is 6. The first-order valence-electron chi connectivity index (χ1n) is 14.2. The molecular formula is C30H33ClF2N6O3. The molecule has 2 aliphatic rings. The number of benzene rings is 2. The van der Waals surface area contributed by atoms with Crippen molar-refractivity contribution in [2.45, 2.75) is 37.3 Å². The Hall–Kier alpha value is -3.06. The van der Waals surface area contributed by atoms with Gasteiger partial charge < -0.3 is 14.6 Å². The van der Waals surface area contributed by atoms with Gasteiger partial charge in [0.05, 0.1) is 25.4 Å². The van der Waals surface area contributed by atoms with E-state index in [0.717, 1.165) is 50.1 Å². The van der Waals surface area contributed by atoms with Crippen molar-refractivity contribution in [2.75, 3.05) is 45.9 Å². The van der Waals surface area contributed by atoms with Gasteiger partial charge in [0, 0.05) is 39.1 Å². The molecule has 0 saturated carbocycles. The number of aromatic nitrogens is 4. The molecule has 0 spiro atoms. The molecule has 0 radical (unpaired) electrons. The van der Waals surface area contributed by atoms with E-state index < -0.39 is 12.0 Å². The third kappa shape index (κ3) is 6.17. The average molecular weight is 599 g/mol. The van der Waals surface area contributed by atoms with E-state index in [1.807, 2.05) is 0 Å². The Morgan fingerprint density at radius 2 is 1.60 bits per heavy atom. The summed E-state index contributed by atoms with van der Waals surface area (Å²) in [5.74, 6) is -1.73. The van der Waals surface area contributed by atoms with Gasteiger partial charge in [-0.05, 0) is 48.2 Å². The molecule has 2 fully saturated rings. The van der Waals surface area contributed by atoms with Gasteiger partial charge in [0.25, 0.3) is 5.91 Å². The van der Waals surface area contributed by atoms with Crippen LogP contribution in [0.5, 0.6) is 0 Å². The van der Waals surface area contributed by atoms with Crippen LogP contribution < -0.4 is 0 Å². The molecule has 2 atom stereocenters. The maximum Gasteiger partial charge on any atom is 0.258 e. The molecule has 4 aromatic rings. The molecule has 2 unspecified atom stereocenters. The van der Waals surface area contributed by atoms with Crippen LogP contribution in [0.25, 0.3) is 11.2 Å². The monoisotopic (exact) mass is 598 g/mol. The number of β-amino-alcohol motifs (C(OH)–C–C–N with tert-alkyl or cyclic N) is 1. The summed E-state index contributed by atoms with van der Waals surface area (Å²) in [6.07, 6.45) is 4.61.